The van der Waals surface area contributed by atoms with Gasteiger partial charge >= 0.3 is 5.97 Å². The summed E-state index contributed by atoms with van der Waals surface area (Å²) in [5.74, 6) is -0.774. The Morgan fingerprint density at radius 1 is 1.28 bits per heavy atom. The third kappa shape index (κ3) is 5.07. The number of carbonyl (C=O) groups is 2. The summed E-state index contributed by atoms with van der Waals surface area (Å²) in [4.78, 5) is 23.6. The molecule has 1 heterocycles. The molecule has 25 heavy (non-hydrogen) atoms. The molecule has 0 unspecified atom stereocenters. The van der Waals surface area contributed by atoms with Crippen LogP contribution in [0.5, 0.6) is 5.75 Å². The maximum Gasteiger partial charge on any atom is 0.326 e. The molecule has 0 fully saturated rings. The van der Waals surface area contributed by atoms with Crippen LogP contribution >= 0.6 is 0 Å². The Morgan fingerprint density at radius 3 is 2.60 bits per heavy atom. The van der Waals surface area contributed by atoms with Crippen molar-refractivity contribution in [3.05, 3.63) is 36.0 Å². The zero-order valence-corrected chi connectivity index (χ0v) is 14.4. The summed E-state index contributed by atoms with van der Waals surface area (Å²) in [6.07, 6.45) is 3.10. The van der Waals surface area contributed by atoms with Gasteiger partial charge in [0.05, 0.1) is 12.8 Å². The second-order valence-corrected chi connectivity index (χ2v) is 5.76. The summed E-state index contributed by atoms with van der Waals surface area (Å²) in [7, 11) is 1.59. The maximum absolute atomic E-state index is 12.3. The van der Waals surface area contributed by atoms with E-state index in [1.54, 1.807) is 25.3 Å². The lowest BCUT2D eigenvalue weighted by molar-refractivity contribution is -0.139. The van der Waals surface area contributed by atoms with E-state index in [9.17, 15) is 14.7 Å². The van der Waals surface area contributed by atoms with Crippen molar-refractivity contribution in [3.63, 3.8) is 0 Å². The summed E-state index contributed by atoms with van der Waals surface area (Å²) in [5.41, 5.74) is 1.66. The van der Waals surface area contributed by atoms with Crippen molar-refractivity contribution >= 4 is 11.9 Å². The minimum Gasteiger partial charge on any atom is -0.497 e. The largest absolute Gasteiger partial charge is 0.497 e. The van der Waals surface area contributed by atoms with E-state index in [1.165, 1.54) is 0 Å². The number of ether oxygens (including phenoxy) is 1. The molecule has 1 amide bonds. The molecule has 0 spiro atoms. The van der Waals surface area contributed by atoms with Crippen LogP contribution in [0.15, 0.2) is 30.3 Å². The molecule has 1 aromatic carbocycles. The van der Waals surface area contributed by atoms with Gasteiger partial charge in [-0.15, -0.1) is 0 Å². The predicted molar refractivity (Wildman–Crippen MR) is 93.6 cm³/mol. The van der Waals surface area contributed by atoms with Gasteiger partial charge in [-0.1, -0.05) is 26.2 Å². The van der Waals surface area contributed by atoms with Crippen LogP contribution in [0.1, 0.15) is 43.1 Å². The van der Waals surface area contributed by atoms with Crippen molar-refractivity contribution in [1.29, 1.82) is 0 Å². The Balaban J connectivity index is 2.04. The van der Waals surface area contributed by atoms with E-state index in [2.05, 4.69) is 15.5 Å². The Bertz CT molecular complexity index is 709. The highest BCUT2D eigenvalue weighted by molar-refractivity contribution is 5.95. The van der Waals surface area contributed by atoms with E-state index in [4.69, 9.17) is 4.74 Å². The highest BCUT2D eigenvalue weighted by atomic mass is 16.5. The molecule has 0 aliphatic carbocycles. The van der Waals surface area contributed by atoms with Crippen molar-refractivity contribution in [2.24, 2.45) is 0 Å². The zero-order valence-electron chi connectivity index (χ0n) is 14.4. The van der Waals surface area contributed by atoms with Crippen LogP contribution in [0.25, 0.3) is 11.3 Å². The van der Waals surface area contributed by atoms with E-state index in [0.717, 1.165) is 30.6 Å². The smallest absolute Gasteiger partial charge is 0.326 e. The Hall–Kier alpha value is -2.83. The summed E-state index contributed by atoms with van der Waals surface area (Å²) in [6.45, 7) is 2.04. The quantitative estimate of drug-likeness (QED) is 0.606. The third-order valence-electron chi connectivity index (χ3n) is 3.91. The number of aliphatic carboxylic acids is 1. The maximum atomic E-state index is 12.3. The molecule has 7 nitrogen and oxygen atoms in total. The lowest BCUT2D eigenvalue weighted by Crippen LogP contribution is -2.40. The van der Waals surface area contributed by atoms with Crippen molar-refractivity contribution in [3.8, 4) is 17.0 Å². The molecule has 0 aliphatic heterocycles. The monoisotopic (exact) mass is 345 g/mol. The molecule has 1 aromatic heterocycles. The highest BCUT2D eigenvalue weighted by Crippen LogP contribution is 2.21. The number of unbranched alkanes of at least 4 members (excludes halogenated alkanes) is 2. The highest BCUT2D eigenvalue weighted by Gasteiger charge is 2.21. The number of hydrogen-bond acceptors (Lipinski definition) is 4. The van der Waals surface area contributed by atoms with Crippen LogP contribution in [0.2, 0.25) is 0 Å². The lowest BCUT2D eigenvalue weighted by Gasteiger charge is -2.13. The Labute approximate surface area is 146 Å². The molecule has 134 valence electrons. The molecule has 0 saturated carbocycles. The molecule has 0 aliphatic rings. The van der Waals surface area contributed by atoms with E-state index in [0.29, 0.717) is 12.1 Å². The van der Waals surface area contributed by atoms with Crippen molar-refractivity contribution in [2.75, 3.05) is 7.11 Å². The summed E-state index contributed by atoms with van der Waals surface area (Å²) >= 11 is 0. The Morgan fingerprint density at radius 2 is 2.00 bits per heavy atom. The molecule has 2 aromatic rings. The predicted octanol–water partition coefficient (Wildman–Crippen LogP) is 2.85. The number of carbonyl (C=O) groups excluding carboxylic acids is 1. The molecule has 2 rings (SSSR count). The average Bonchev–Trinajstić information content (AvgIpc) is 3.11. The fourth-order valence-corrected chi connectivity index (χ4v) is 2.44. The summed E-state index contributed by atoms with van der Waals surface area (Å²) < 4.78 is 5.11. The first-order valence-electron chi connectivity index (χ1n) is 8.28. The van der Waals surface area contributed by atoms with E-state index >= 15 is 0 Å². The van der Waals surface area contributed by atoms with Gasteiger partial charge in [-0.05, 0) is 36.8 Å². The van der Waals surface area contributed by atoms with Gasteiger partial charge in [-0.25, -0.2) is 4.79 Å². The number of carboxylic acids is 1. The number of benzene rings is 1. The molecule has 7 heteroatoms. The fraction of sp³-hybridized carbons (Fsp3) is 0.389. The number of nitrogens with zero attached hydrogens (tertiary/aromatic N) is 1. The van der Waals surface area contributed by atoms with Crippen LogP contribution in [-0.4, -0.2) is 40.3 Å². The fourth-order valence-electron chi connectivity index (χ4n) is 2.44. The molecular weight excluding hydrogens is 322 g/mol. The molecule has 0 saturated heterocycles. The SMILES string of the molecule is CCCCC[C@H](NC(=O)c1cc(-c2ccc(OC)cc2)n[nH]1)C(=O)O. The standard InChI is InChI=1S/C18H23N3O4/c1-3-4-5-6-14(18(23)24)19-17(22)16-11-15(20-21-16)12-7-9-13(25-2)10-8-12/h7-11,14H,3-6H2,1-2H3,(H,19,22)(H,20,21)(H,23,24)/t14-/m0/s1. The zero-order chi connectivity index (χ0) is 18.2. The van der Waals surface area contributed by atoms with Gasteiger partial charge in [0.2, 0.25) is 0 Å². The van der Waals surface area contributed by atoms with Crippen molar-refractivity contribution in [1.82, 2.24) is 15.5 Å². The number of amides is 1. The normalized spacial score (nSPS) is 11.8. The van der Waals surface area contributed by atoms with E-state index in [1.807, 2.05) is 19.1 Å². The lowest BCUT2D eigenvalue weighted by atomic mass is 10.1. The second-order valence-electron chi connectivity index (χ2n) is 5.76. The first kappa shape index (κ1) is 18.5. The minimum atomic E-state index is -1.03. The van der Waals surface area contributed by atoms with Crippen molar-refractivity contribution in [2.45, 2.75) is 38.6 Å². The van der Waals surface area contributed by atoms with Gasteiger partial charge in [0.15, 0.2) is 0 Å². The van der Waals surface area contributed by atoms with Gasteiger partial charge in [0.1, 0.15) is 17.5 Å². The van der Waals surface area contributed by atoms with Crippen LogP contribution in [0.4, 0.5) is 0 Å². The minimum absolute atomic E-state index is 0.229. The van der Waals surface area contributed by atoms with Crippen LogP contribution < -0.4 is 10.1 Å². The van der Waals surface area contributed by atoms with E-state index in [-0.39, 0.29) is 5.69 Å². The van der Waals surface area contributed by atoms with Gasteiger partial charge in [0, 0.05) is 5.56 Å². The number of aromatic amines is 1. The van der Waals surface area contributed by atoms with Crippen LogP contribution in [-0.2, 0) is 4.79 Å². The van der Waals surface area contributed by atoms with Crippen molar-refractivity contribution < 1.29 is 19.4 Å². The topological polar surface area (TPSA) is 104 Å². The summed E-state index contributed by atoms with van der Waals surface area (Å²) in [5, 5.41) is 18.6. The first-order valence-corrected chi connectivity index (χ1v) is 8.28. The number of nitrogens with one attached hydrogen (secondary N) is 2. The number of hydrogen-bond donors (Lipinski definition) is 3. The number of carboxylic acid groups (broad SMARTS) is 1. The molecule has 0 bridgehead atoms. The molecule has 1 atom stereocenters. The number of methoxy groups -OCH3 is 1. The van der Waals surface area contributed by atoms with Gasteiger partial charge in [-0.2, -0.15) is 5.10 Å². The van der Waals surface area contributed by atoms with Gasteiger partial charge < -0.3 is 15.2 Å². The molecule has 3 N–H and O–H groups in total. The Kier molecular flexibility index (Phi) is 6.56. The first-order chi connectivity index (χ1) is 12.0. The van der Waals surface area contributed by atoms with Gasteiger partial charge in [-0.3, -0.25) is 9.89 Å². The average molecular weight is 345 g/mol. The number of H-pyrrole nitrogens is 1. The van der Waals surface area contributed by atoms with Crippen LogP contribution in [0.3, 0.4) is 0 Å². The second kappa shape index (κ2) is 8.86. The van der Waals surface area contributed by atoms with Gasteiger partial charge in [0.25, 0.3) is 5.91 Å². The van der Waals surface area contributed by atoms with E-state index < -0.39 is 17.9 Å². The van der Waals surface area contributed by atoms with Crippen LogP contribution in [0, 0.1) is 0 Å². The number of rotatable bonds is 9. The summed E-state index contributed by atoms with van der Waals surface area (Å²) in [6, 6.07) is 7.98. The number of aromatic nitrogens is 2. The third-order valence-corrected chi connectivity index (χ3v) is 3.91. The molecule has 0 radical (unpaired) electrons. The molecular formula is C18H23N3O4.